The van der Waals surface area contributed by atoms with Gasteiger partial charge in [-0.2, -0.15) is 0 Å². The van der Waals surface area contributed by atoms with Gasteiger partial charge in [0, 0.05) is 11.1 Å². The third-order valence-corrected chi connectivity index (χ3v) is 3.56. The maximum absolute atomic E-state index is 11.7. The van der Waals surface area contributed by atoms with Crippen LogP contribution in [0.5, 0.6) is 5.75 Å². The van der Waals surface area contributed by atoms with Crippen LogP contribution in [0.4, 0.5) is 5.69 Å². The fraction of sp³-hybridized carbons (Fsp3) is 0.0556. The van der Waals surface area contributed by atoms with E-state index < -0.39 is 5.91 Å². The average Bonchev–Trinajstić information content (AvgIpc) is 2.86. The molecular weight excluding hydrogens is 292 g/mol. The molecule has 1 heterocycles. The summed E-state index contributed by atoms with van der Waals surface area (Å²) in [5, 5.41) is 13.2. The molecule has 0 bridgehead atoms. The van der Waals surface area contributed by atoms with Gasteiger partial charge in [0.15, 0.2) is 0 Å². The number of carbonyl (C=O) groups is 1. The second kappa shape index (κ2) is 5.53. The van der Waals surface area contributed by atoms with Gasteiger partial charge >= 0.3 is 0 Å². The van der Waals surface area contributed by atoms with Gasteiger partial charge in [0.2, 0.25) is 5.76 Å². The number of benzene rings is 2. The summed E-state index contributed by atoms with van der Waals surface area (Å²) in [6.45, 7) is 5.91. The molecule has 3 aromatic rings. The van der Waals surface area contributed by atoms with Crippen molar-refractivity contribution in [1.29, 1.82) is 0 Å². The molecule has 0 radical (unpaired) electrons. The molecule has 23 heavy (non-hydrogen) atoms. The number of aryl methyl sites for hydroxylation is 1. The van der Waals surface area contributed by atoms with Gasteiger partial charge in [0.1, 0.15) is 11.3 Å². The smallest absolute Gasteiger partial charge is 0.286 e. The quantitative estimate of drug-likeness (QED) is 0.686. The Hall–Kier alpha value is -3.21. The van der Waals surface area contributed by atoms with E-state index in [-0.39, 0.29) is 11.5 Å². The zero-order valence-electron chi connectivity index (χ0n) is 12.6. The number of fused-ring (bicyclic) bond motifs is 1. The fourth-order valence-corrected chi connectivity index (χ4v) is 2.39. The second-order valence-corrected chi connectivity index (χ2v) is 5.32. The Labute approximate surface area is 133 Å². The molecule has 0 saturated carbocycles. The number of hydrogen-bond donors (Lipinski definition) is 3. The summed E-state index contributed by atoms with van der Waals surface area (Å²) < 4.78 is 5.58. The monoisotopic (exact) mass is 308 g/mol. The van der Waals surface area contributed by atoms with Gasteiger partial charge in [0.25, 0.3) is 5.91 Å². The van der Waals surface area contributed by atoms with Gasteiger partial charge in [-0.1, -0.05) is 12.6 Å². The normalized spacial score (nSPS) is 10.7. The van der Waals surface area contributed by atoms with Crippen LogP contribution in [0.25, 0.3) is 16.7 Å². The zero-order valence-corrected chi connectivity index (χ0v) is 12.6. The van der Waals surface area contributed by atoms with Crippen LogP contribution in [0.3, 0.4) is 0 Å². The number of phenolic OH excluding ortho intramolecular Hbond substituents is 1. The van der Waals surface area contributed by atoms with Crippen LogP contribution in [0.1, 0.15) is 21.7 Å². The van der Waals surface area contributed by atoms with E-state index in [1.54, 1.807) is 24.3 Å². The molecule has 5 heteroatoms. The van der Waals surface area contributed by atoms with E-state index in [0.717, 1.165) is 16.5 Å². The number of furan rings is 1. The Morgan fingerprint density at radius 3 is 2.57 bits per heavy atom. The minimum absolute atomic E-state index is 0.0607. The largest absolute Gasteiger partial charge is 0.508 e. The molecule has 0 aliphatic carbocycles. The molecule has 3 rings (SSSR count). The molecule has 2 aromatic carbocycles. The second-order valence-electron chi connectivity index (χ2n) is 5.32. The number of carbonyl (C=O) groups excluding carboxylic acids is 1. The Bertz CT molecular complexity index is 908. The molecule has 4 N–H and O–H groups in total. The minimum Gasteiger partial charge on any atom is -0.508 e. The summed E-state index contributed by atoms with van der Waals surface area (Å²) in [5.41, 5.74) is 8.85. The van der Waals surface area contributed by atoms with Crippen LogP contribution < -0.4 is 11.1 Å². The topological polar surface area (TPSA) is 88.5 Å². The highest BCUT2D eigenvalue weighted by Crippen LogP contribution is 2.33. The van der Waals surface area contributed by atoms with E-state index in [4.69, 9.17) is 10.2 Å². The fourth-order valence-electron chi connectivity index (χ4n) is 2.39. The van der Waals surface area contributed by atoms with Crippen LogP contribution in [-0.4, -0.2) is 11.0 Å². The highest BCUT2D eigenvalue weighted by Gasteiger charge is 2.19. The number of aromatic hydroxyl groups is 1. The molecule has 1 amide bonds. The summed E-state index contributed by atoms with van der Waals surface area (Å²) in [5.74, 6) is -0.422. The molecular formula is C18H16N2O3. The summed E-state index contributed by atoms with van der Waals surface area (Å²) in [6.07, 6.45) is 0. The van der Waals surface area contributed by atoms with Crippen LogP contribution in [0.15, 0.2) is 53.5 Å². The molecule has 1 aromatic heterocycles. The summed E-state index contributed by atoms with van der Waals surface area (Å²) in [4.78, 5) is 11.7. The van der Waals surface area contributed by atoms with Crippen LogP contribution >= 0.6 is 0 Å². The van der Waals surface area contributed by atoms with Crippen molar-refractivity contribution < 1.29 is 14.3 Å². The van der Waals surface area contributed by atoms with Crippen molar-refractivity contribution in [1.82, 2.24) is 0 Å². The molecule has 5 nitrogen and oxygen atoms in total. The lowest BCUT2D eigenvalue weighted by atomic mass is 10.1. The number of nitrogens with two attached hydrogens (primary N) is 1. The molecule has 0 aliphatic rings. The van der Waals surface area contributed by atoms with Gasteiger partial charge in [-0.3, -0.25) is 4.79 Å². The predicted molar refractivity (Wildman–Crippen MR) is 90.2 cm³/mol. The van der Waals surface area contributed by atoms with Crippen molar-refractivity contribution in [3.8, 4) is 5.75 Å². The number of rotatable bonds is 4. The first-order valence-electron chi connectivity index (χ1n) is 7.04. The van der Waals surface area contributed by atoms with E-state index in [1.807, 2.05) is 25.1 Å². The summed E-state index contributed by atoms with van der Waals surface area (Å²) >= 11 is 0. The maximum atomic E-state index is 11.7. The van der Waals surface area contributed by atoms with E-state index in [1.165, 1.54) is 0 Å². The minimum atomic E-state index is -0.653. The van der Waals surface area contributed by atoms with E-state index in [0.29, 0.717) is 17.0 Å². The molecule has 116 valence electrons. The van der Waals surface area contributed by atoms with Crippen molar-refractivity contribution in [3.05, 3.63) is 65.9 Å². The SMILES string of the molecule is C=C(Nc1c(C(N)=O)oc2cc(C)ccc12)c1ccc(O)cc1. The van der Waals surface area contributed by atoms with Crippen LogP contribution in [-0.2, 0) is 0 Å². The lowest BCUT2D eigenvalue weighted by molar-refractivity contribution is 0.0977. The molecule has 0 saturated heterocycles. The highest BCUT2D eigenvalue weighted by atomic mass is 16.3. The van der Waals surface area contributed by atoms with Crippen molar-refractivity contribution in [2.75, 3.05) is 5.32 Å². The molecule has 0 atom stereocenters. The van der Waals surface area contributed by atoms with Gasteiger partial charge < -0.3 is 20.6 Å². The Morgan fingerprint density at radius 2 is 1.91 bits per heavy atom. The summed E-state index contributed by atoms with van der Waals surface area (Å²) in [6, 6.07) is 12.2. The van der Waals surface area contributed by atoms with Gasteiger partial charge in [0.05, 0.1) is 5.69 Å². The third-order valence-electron chi connectivity index (χ3n) is 3.56. The third kappa shape index (κ3) is 2.76. The first kappa shape index (κ1) is 14.7. The van der Waals surface area contributed by atoms with Crippen LogP contribution in [0.2, 0.25) is 0 Å². The predicted octanol–water partition coefficient (Wildman–Crippen LogP) is 3.63. The van der Waals surface area contributed by atoms with Gasteiger partial charge in [-0.15, -0.1) is 0 Å². The summed E-state index contributed by atoms with van der Waals surface area (Å²) in [7, 11) is 0. The van der Waals surface area contributed by atoms with E-state index >= 15 is 0 Å². The maximum Gasteiger partial charge on any atom is 0.286 e. The lowest BCUT2D eigenvalue weighted by Crippen LogP contribution is -2.12. The molecule has 0 unspecified atom stereocenters. The Morgan fingerprint density at radius 1 is 1.22 bits per heavy atom. The number of amides is 1. The molecule has 0 spiro atoms. The van der Waals surface area contributed by atoms with Crippen molar-refractivity contribution in [2.24, 2.45) is 5.73 Å². The first-order chi connectivity index (χ1) is 11.0. The van der Waals surface area contributed by atoms with Crippen LogP contribution in [0, 0.1) is 6.92 Å². The molecule has 0 aliphatic heterocycles. The number of anilines is 1. The highest BCUT2D eigenvalue weighted by molar-refractivity contribution is 6.07. The lowest BCUT2D eigenvalue weighted by Gasteiger charge is -2.09. The van der Waals surface area contributed by atoms with Crippen molar-refractivity contribution in [2.45, 2.75) is 6.92 Å². The van der Waals surface area contributed by atoms with E-state index in [2.05, 4.69) is 11.9 Å². The van der Waals surface area contributed by atoms with Gasteiger partial charge in [-0.25, -0.2) is 0 Å². The molecule has 0 fully saturated rings. The van der Waals surface area contributed by atoms with Crippen molar-refractivity contribution >= 4 is 28.3 Å². The Kier molecular flexibility index (Phi) is 3.54. The standard InChI is InChI=1S/C18H16N2O3/c1-10-3-8-14-15(9-10)23-17(18(19)22)16(14)20-11(2)12-4-6-13(21)7-5-12/h3-9,20-21H,2H2,1H3,(H2,19,22). The average molecular weight is 308 g/mol. The number of primary amides is 1. The number of phenols is 1. The van der Waals surface area contributed by atoms with Gasteiger partial charge in [-0.05, 0) is 54.4 Å². The number of hydrogen-bond acceptors (Lipinski definition) is 4. The zero-order chi connectivity index (χ0) is 16.6. The number of nitrogens with one attached hydrogen (secondary N) is 1. The first-order valence-corrected chi connectivity index (χ1v) is 7.04. The van der Waals surface area contributed by atoms with E-state index in [9.17, 15) is 9.90 Å². The van der Waals surface area contributed by atoms with Crippen molar-refractivity contribution in [3.63, 3.8) is 0 Å². The Balaban J connectivity index is 2.04.